The SMILES string of the molecule is CCCCC[C@](C)(O)[C@@H]1CC=C(C)C(=O)C1. The first-order chi connectivity index (χ1) is 7.47. The van der Waals surface area contributed by atoms with Crippen LogP contribution < -0.4 is 0 Å². The minimum atomic E-state index is -0.679. The predicted octanol–water partition coefficient (Wildman–Crippen LogP) is 3.24. The van der Waals surface area contributed by atoms with Gasteiger partial charge < -0.3 is 5.11 Å². The highest BCUT2D eigenvalue weighted by Gasteiger charge is 2.34. The maximum Gasteiger partial charge on any atom is 0.158 e. The van der Waals surface area contributed by atoms with Crippen LogP contribution in [0.5, 0.6) is 0 Å². The Hall–Kier alpha value is -0.630. The number of hydrogen-bond acceptors (Lipinski definition) is 2. The van der Waals surface area contributed by atoms with Crippen LogP contribution in [0.3, 0.4) is 0 Å². The molecule has 2 heteroatoms. The summed E-state index contributed by atoms with van der Waals surface area (Å²) in [6.07, 6.45) is 7.52. The van der Waals surface area contributed by atoms with Crippen molar-refractivity contribution >= 4 is 5.78 Å². The number of carbonyl (C=O) groups is 1. The van der Waals surface area contributed by atoms with E-state index >= 15 is 0 Å². The molecular formula is C14H24O2. The number of carbonyl (C=O) groups excluding carboxylic acids is 1. The normalized spacial score (nSPS) is 25.1. The molecule has 0 saturated carbocycles. The van der Waals surface area contributed by atoms with Crippen molar-refractivity contribution in [3.8, 4) is 0 Å². The third-order valence-corrected chi connectivity index (χ3v) is 3.75. The van der Waals surface area contributed by atoms with Crippen molar-refractivity contribution in [3.63, 3.8) is 0 Å². The first-order valence-corrected chi connectivity index (χ1v) is 6.39. The van der Waals surface area contributed by atoms with E-state index in [9.17, 15) is 9.90 Å². The third kappa shape index (κ3) is 3.44. The lowest BCUT2D eigenvalue weighted by atomic mass is 9.76. The van der Waals surface area contributed by atoms with Gasteiger partial charge in [0.15, 0.2) is 5.78 Å². The summed E-state index contributed by atoms with van der Waals surface area (Å²) in [5, 5.41) is 10.4. The molecule has 2 nitrogen and oxygen atoms in total. The first kappa shape index (κ1) is 13.4. The van der Waals surface area contributed by atoms with Gasteiger partial charge in [-0.15, -0.1) is 0 Å². The molecule has 1 N–H and O–H groups in total. The van der Waals surface area contributed by atoms with E-state index in [1.165, 1.54) is 6.42 Å². The highest BCUT2D eigenvalue weighted by molar-refractivity contribution is 5.95. The minimum absolute atomic E-state index is 0.112. The molecule has 1 aliphatic carbocycles. The number of unbranched alkanes of at least 4 members (excludes halogenated alkanes) is 2. The molecule has 0 aromatic rings. The van der Waals surface area contributed by atoms with Gasteiger partial charge in [-0.2, -0.15) is 0 Å². The lowest BCUT2D eigenvalue weighted by Gasteiger charge is -2.34. The summed E-state index contributed by atoms with van der Waals surface area (Å²) in [7, 11) is 0. The molecule has 0 aromatic heterocycles. The van der Waals surface area contributed by atoms with Crippen LogP contribution in [0.4, 0.5) is 0 Å². The molecule has 0 amide bonds. The van der Waals surface area contributed by atoms with Crippen molar-refractivity contribution in [1.82, 2.24) is 0 Å². The fourth-order valence-electron chi connectivity index (χ4n) is 2.31. The first-order valence-electron chi connectivity index (χ1n) is 6.39. The van der Waals surface area contributed by atoms with Crippen LogP contribution in [-0.2, 0) is 4.79 Å². The molecule has 1 rings (SSSR count). The van der Waals surface area contributed by atoms with E-state index in [4.69, 9.17) is 0 Å². The molecule has 0 bridgehead atoms. The topological polar surface area (TPSA) is 37.3 Å². The van der Waals surface area contributed by atoms with Crippen LogP contribution in [0, 0.1) is 5.92 Å². The van der Waals surface area contributed by atoms with Crippen molar-refractivity contribution in [1.29, 1.82) is 0 Å². The molecule has 0 saturated heterocycles. The van der Waals surface area contributed by atoms with E-state index in [0.29, 0.717) is 6.42 Å². The highest BCUT2D eigenvalue weighted by atomic mass is 16.3. The lowest BCUT2D eigenvalue weighted by molar-refractivity contribution is -0.120. The molecule has 0 unspecified atom stereocenters. The van der Waals surface area contributed by atoms with Crippen LogP contribution >= 0.6 is 0 Å². The van der Waals surface area contributed by atoms with Gasteiger partial charge in [0.1, 0.15) is 0 Å². The predicted molar refractivity (Wildman–Crippen MR) is 66.3 cm³/mol. The number of hydrogen-bond donors (Lipinski definition) is 1. The smallest absolute Gasteiger partial charge is 0.158 e. The summed E-state index contributed by atoms with van der Waals surface area (Å²) in [6, 6.07) is 0. The molecule has 2 atom stereocenters. The number of ketones is 1. The zero-order valence-electron chi connectivity index (χ0n) is 10.8. The van der Waals surface area contributed by atoms with Crippen LogP contribution in [-0.4, -0.2) is 16.5 Å². The monoisotopic (exact) mass is 224 g/mol. The van der Waals surface area contributed by atoms with Crippen molar-refractivity contribution in [2.75, 3.05) is 0 Å². The van der Waals surface area contributed by atoms with E-state index < -0.39 is 5.60 Å². The number of allylic oxidation sites excluding steroid dienone is 2. The Bertz CT molecular complexity index is 276. The quantitative estimate of drug-likeness (QED) is 0.728. The molecule has 0 aromatic carbocycles. The highest BCUT2D eigenvalue weighted by Crippen LogP contribution is 2.33. The average molecular weight is 224 g/mol. The van der Waals surface area contributed by atoms with Gasteiger partial charge >= 0.3 is 0 Å². The summed E-state index contributed by atoms with van der Waals surface area (Å²) < 4.78 is 0. The second-order valence-corrected chi connectivity index (χ2v) is 5.26. The van der Waals surface area contributed by atoms with Crippen LogP contribution in [0.1, 0.15) is 59.3 Å². The van der Waals surface area contributed by atoms with Gasteiger partial charge in [0.2, 0.25) is 0 Å². The molecule has 16 heavy (non-hydrogen) atoms. The maximum atomic E-state index is 11.6. The molecule has 92 valence electrons. The van der Waals surface area contributed by atoms with E-state index in [1.807, 2.05) is 19.9 Å². The van der Waals surface area contributed by atoms with Crippen LogP contribution in [0.25, 0.3) is 0 Å². The van der Waals surface area contributed by atoms with E-state index in [1.54, 1.807) is 0 Å². The van der Waals surface area contributed by atoms with Crippen molar-refractivity contribution in [2.45, 2.75) is 64.9 Å². The van der Waals surface area contributed by atoms with Crippen molar-refractivity contribution in [2.24, 2.45) is 5.92 Å². The summed E-state index contributed by atoms with van der Waals surface area (Å²) in [5.74, 6) is 0.313. The minimum Gasteiger partial charge on any atom is -0.390 e. The molecule has 0 radical (unpaired) electrons. The summed E-state index contributed by atoms with van der Waals surface area (Å²) >= 11 is 0. The molecule has 0 fully saturated rings. The van der Waals surface area contributed by atoms with Crippen molar-refractivity contribution < 1.29 is 9.90 Å². The maximum absolute atomic E-state index is 11.6. The van der Waals surface area contributed by atoms with Gasteiger partial charge in [0.25, 0.3) is 0 Å². The average Bonchev–Trinajstić information content (AvgIpc) is 2.22. The zero-order chi connectivity index (χ0) is 12.2. The van der Waals surface area contributed by atoms with E-state index in [0.717, 1.165) is 31.3 Å². The Morgan fingerprint density at radius 2 is 2.19 bits per heavy atom. The van der Waals surface area contributed by atoms with Gasteiger partial charge in [-0.3, -0.25) is 4.79 Å². The standard InChI is InChI=1S/C14H24O2/c1-4-5-6-9-14(3,16)12-8-7-11(2)13(15)10-12/h7,12,16H,4-6,8-10H2,1-3H3/t12-,14+/m1/s1. The Labute approximate surface area is 98.7 Å². The van der Waals surface area contributed by atoms with E-state index in [-0.39, 0.29) is 11.7 Å². The van der Waals surface area contributed by atoms with Gasteiger partial charge in [0, 0.05) is 6.42 Å². The van der Waals surface area contributed by atoms with Gasteiger partial charge in [-0.05, 0) is 38.2 Å². The third-order valence-electron chi connectivity index (χ3n) is 3.75. The van der Waals surface area contributed by atoms with Gasteiger partial charge in [-0.1, -0.05) is 32.3 Å². The van der Waals surface area contributed by atoms with Crippen molar-refractivity contribution in [3.05, 3.63) is 11.6 Å². The second-order valence-electron chi connectivity index (χ2n) is 5.26. The van der Waals surface area contributed by atoms with Gasteiger partial charge in [-0.25, -0.2) is 0 Å². The van der Waals surface area contributed by atoms with E-state index in [2.05, 4.69) is 6.92 Å². The van der Waals surface area contributed by atoms with Crippen LogP contribution in [0.15, 0.2) is 11.6 Å². The molecule has 0 heterocycles. The number of Topliss-reactive ketones (excluding diaryl/α,β-unsaturated/α-hetero) is 1. The molecule has 0 aliphatic heterocycles. The summed E-state index contributed by atoms with van der Waals surface area (Å²) in [5.41, 5.74) is 0.183. The fraction of sp³-hybridized carbons (Fsp3) is 0.786. The molecular weight excluding hydrogens is 200 g/mol. The molecule has 1 aliphatic rings. The van der Waals surface area contributed by atoms with Crippen LogP contribution in [0.2, 0.25) is 0 Å². The second kappa shape index (κ2) is 5.62. The van der Waals surface area contributed by atoms with Gasteiger partial charge in [0.05, 0.1) is 5.60 Å². The Morgan fingerprint density at radius 3 is 2.75 bits per heavy atom. The Morgan fingerprint density at radius 1 is 1.50 bits per heavy atom. The zero-order valence-corrected chi connectivity index (χ0v) is 10.8. The Balaban J connectivity index is 2.53. The molecule has 0 spiro atoms. The fourth-order valence-corrected chi connectivity index (χ4v) is 2.31. The lowest BCUT2D eigenvalue weighted by Crippen LogP contribution is -2.37. The summed E-state index contributed by atoms with van der Waals surface area (Å²) in [6.45, 7) is 5.91. The largest absolute Gasteiger partial charge is 0.390 e. The Kier molecular flexibility index (Phi) is 4.72. The number of rotatable bonds is 5. The summed E-state index contributed by atoms with van der Waals surface area (Å²) in [4.78, 5) is 11.6. The number of aliphatic hydroxyl groups is 1.